The lowest BCUT2D eigenvalue weighted by Crippen LogP contribution is -2.31. The minimum absolute atomic E-state index is 0.223. The van der Waals surface area contributed by atoms with Gasteiger partial charge in [-0.25, -0.2) is 0 Å². The molecule has 1 aromatic rings. The molecule has 0 N–H and O–H groups in total. The molecular weight excluding hydrogens is 305 g/mol. The Morgan fingerprint density at radius 2 is 1.76 bits per heavy atom. The number of carbonyl (C=O) groups excluding carboxylic acids is 2. The highest BCUT2D eigenvalue weighted by Crippen LogP contribution is 2.23. The summed E-state index contributed by atoms with van der Waals surface area (Å²) in [5.41, 5.74) is 3.08. The molecule has 1 aromatic carbocycles. The molecule has 0 saturated heterocycles. The molecule has 0 saturated carbocycles. The molecule has 5 heteroatoms. The second kappa shape index (κ2) is 5.02. The minimum atomic E-state index is -0.262. The molecule has 1 aliphatic rings. The van der Waals surface area contributed by atoms with Crippen molar-refractivity contribution in [2.24, 2.45) is 0 Å². The third-order valence-corrected chi connectivity index (χ3v) is 3.59. The van der Waals surface area contributed by atoms with Crippen LogP contribution in [0.15, 0.2) is 35.4 Å². The maximum Gasteiger partial charge on any atom is 0.261 e. The summed E-state index contributed by atoms with van der Waals surface area (Å²) < 4.78 is 0. The Balaban J connectivity index is 2.30. The molecule has 17 heavy (non-hydrogen) atoms. The minimum Gasteiger partial charge on any atom is -0.270 e. The van der Waals surface area contributed by atoms with E-state index >= 15 is 0 Å². The van der Waals surface area contributed by atoms with Crippen molar-refractivity contribution in [3.05, 3.63) is 46.5 Å². The highest BCUT2D eigenvalue weighted by atomic mass is 79.9. The third-order valence-electron chi connectivity index (χ3n) is 2.57. The number of carbonyl (C=O) groups is 2. The van der Waals surface area contributed by atoms with Crippen molar-refractivity contribution >= 4 is 39.3 Å². The van der Waals surface area contributed by atoms with Gasteiger partial charge in [-0.15, -0.1) is 0 Å². The maximum absolute atomic E-state index is 12.0. The van der Waals surface area contributed by atoms with Gasteiger partial charge in [-0.3, -0.25) is 14.5 Å². The van der Waals surface area contributed by atoms with E-state index in [4.69, 9.17) is 11.6 Å². The van der Waals surface area contributed by atoms with Crippen molar-refractivity contribution in [3.63, 3.8) is 0 Å². The number of halogens is 2. The van der Waals surface area contributed by atoms with Gasteiger partial charge >= 0.3 is 0 Å². The predicted molar refractivity (Wildman–Crippen MR) is 69.5 cm³/mol. The largest absolute Gasteiger partial charge is 0.270 e. The van der Waals surface area contributed by atoms with Crippen molar-refractivity contribution in [2.75, 3.05) is 11.9 Å². The summed E-state index contributed by atoms with van der Waals surface area (Å²) >= 11 is 8.87. The number of rotatable bonds is 3. The van der Waals surface area contributed by atoms with Gasteiger partial charge in [0.2, 0.25) is 0 Å². The van der Waals surface area contributed by atoms with E-state index < -0.39 is 0 Å². The topological polar surface area (TPSA) is 37.4 Å². The molecule has 0 bridgehead atoms. The van der Waals surface area contributed by atoms with E-state index in [1.54, 1.807) is 24.3 Å². The van der Waals surface area contributed by atoms with Crippen LogP contribution in [0.1, 0.15) is 20.7 Å². The van der Waals surface area contributed by atoms with Crippen LogP contribution in [0.2, 0.25) is 0 Å². The summed E-state index contributed by atoms with van der Waals surface area (Å²) in [6, 6.07) is 6.81. The zero-order valence-electron chi connectivity index (χ0n) is 8.82. The lowest BCUT2D eigenvalue weighted by molar-refractivity contribution is 0.0668. The number of nitrogens with zero attached hydrogens (tertiary/aromatic N) is 1. The zero-order chi connectivity index (χ0) is 12.4. The second-order valence-corrected chi connectivity index (χ2v) is 4.42. The van der Waals surface area contributed by atoms with Gasteiger partial charge in [0.05, 0.1) is 17.7 Å². The fourth-order valence-electron chi connectivity index (χ4n) is 1.69. The summed E-state index contributed by atoms with van der Waals surface area (Å²) in [6.45, 7) is 0.223. The summed E-state index contributed by atoms with van der Waals surface area (Å²) in [6.07, 6.45) is 0. The molecule has 0 radical (unpaired) electrons. The van der Waals surface area contributed by atoms with Gasteiger partial charge < -0.3 is 0 Å². The number of alkyl halides is 1. The Morgan fingerprint density at radius 3 is 2.18 bits per heavy atom. The first kappa shape index (κ1) is 12.3. The Morgan fingerprint density at radius 1 is 1.24 bits per heavy atom. The van der Waals surface area contributed by atoms with E-state index in [0.29, 0.717) is 16.5 Å². The standard InChI is InChI=1S/C12H9BrClNO2/c13-5-8(6-14)7-15-11(16)9-3-1-2-4-10(9)12(15)17/h1-4,6H,5,7H2/b8-6+. The third kappa shape index (κ3) is 2.15. The predicted octanol–water partition coefficient (Wildman–Crippen LogP) is 2.80. The number of fused-ring (bicyclic) bond motifs is 1. The van der Waals surface area contributed by atoms with E-state index in [1.807, 2.05) is 0 Å². The van der Waals surface area contributed by atoms with Crippen LogP contribution in [0.3, 0.4) is 0 Å². The highest BCUT2D eigenvalue weighted by molar-refractivity contribution is 9.09. The van der Waals surface area contributed by atoms with Crippen LogP contribution in [0.25, 0.3) is 0 Å². The Hall–Kier alpha value is -1.13. The van der Waals surface area contributed by atoms with Gasteiger partial charge in [0, 0.05) is 10.9 Å². The van der Waals surface area contributed by atoms with Crippen LogP contribution in [0.5, 0.6) is 0 Å². The normalized spacial score (nSPS) is 15.4. The van der Waals surface area contributed by atoms with Crippen molar-refractivity contribution in [1.29, 1.82) is 0 Å². The van der Waals surface area contributed by atoms with Crippen LogP contribution in [0.4, 0.5) is 0 Å². The summed E-state index contributed by atoms with van der Waals surface area (Å²) in [7, 11) is 0. The first-order valence-electron chi connectivity index (χ1n) is 4.98. The Labute approximate surface area is 112 Å². The number of hydrogen-bond acceptors (Lipinski definition) is 2. The van der Waals surface area contributed by atoms with Crippen molar-refractivity contribution in [3.8, 4) is 0 Å². The molecule has 1 aliphatic heterocycles. The Kier molecular flexibility index (Phi) is 3.64. The van der Waals surface area contributed by atoms with E-state index in [0.717, 1.165) is 5.57 Å². The molecule has 0 atom stereocenters. The summed E-state index contributed by atoms with van der Waals surface area (Å²) in [5, 5.41) is 0.532. The van der Waals surface area contributed by atoms with Gasteiger partial charge in [-0.1, -0.05) is 39.7 Å². The number of imide groups is 1. The number of benzene rings is 1. The first-order valence-corrected chi connectivity index (χ1v) is 6.54. The monoisotopic (exact) mass is 313 g/mol. The van der Waals surface area contributed by atoms with Crippen molar-refractivity contribution in [1.82, 2.24) is 4.90 Å². The van der Waals surface area contributed by atoms with Crippen LogP contribution in [-0.4, -0.2) is 28.6 Å². The first-order chi connectivity index (χ1) is 8.19. The highest BCUT2D eigenvalue weighted by Gasteiger charge is 2.35. The molecule has 2 amide bonds. The van der Waals surface area contributed by atoms with Crippen LogP contribution < -0.4 is 0 Å². The van der Waals surface area contributed by atoms with E-state index in [-0.39, 0.29) is 18.4 Å². The fraction of sp³-hybridized carbons (Fsp3) is 0.167. The smallest absolute Gasteiger partial charge is 0.261 e. The van der Waals surface area contributed by atoms with E-state index in [9.17, 15) is 9.59 Å². The van der Waals surface area contributed by atoms with Crippen LogP contribution in [-0.2, 0) is 0 Å². The molecule has 0 aromatic heterocycles. The second-order valence-electron chi connectivity index (χ2n) is 3.64. The molecule has 2 rings (SSSR count). The van der Waals surface area contributed by atoms with E-state index in [1.165, 1.54) is 10.4 Å². The van der Waals surface area contributed by atoms with E-state index in [2.05, 4.69) is 15.9 Å². The molecule has 0 unspecified atom stereocenters. The van der Waals surface area contributed by atoms with Crippen LogP contribution >= 0.6 is 27.5 Å². The lowest BCUT2D eigenvalue weighted by Gasteiger charge is -2.14. The Bertz CT molecular complexity index is 478. The van der Waals surface area contributed by atoms with Crippen LogP contribution in [0, 0.1) is 0 Å². The van der Waals surface area contributed by atoms with Gasteiger partial charge in [0.25, 0.3) is 11.8 Å². The number of hydrogen-bond donors (Lipinski definition) is 0. The fourth-order valence-corrected chi connectivity index (χ4v) is 2.36. The average Bonchev–Trinajstić information content (AvgIpc) is 2.61. The van der Waals surface area contributed by atoms with Gasteiger partial charge in [0.1, 0.15) is 0 Å². The molecular formula is C12H9BrClNO2. The molecule has 88 valence electrons. The van der Waals surface area contributed by atoms with Crippen molar-refractivity contribution in [2.45, 2.75) is 0 Å². The number of amides is 2. The summed E-state index contributed by atoms with van der Waals surface area (Å²) in [4.78, 5) is 25.2. The van der Waals surface area contributed by atoms with Gasteiger partial charge in [0.15, 0.2) is 0 Å². The lowest BCUT2D eigenvalue weighted by atomic mass is 10.1. The van der Waals surface area contributed by atoms with Gasteiger partial charge in [-0.05, 0) is 17.7 Å². The average molecular weight is 315 g/mol. The van der Waals surface area contributed by atoms with Crippen molar-refractivity contribution < 1.29 is 9.59 Å². The zero-order valence-corrected chi connectivity index (χ0v) is 11.2. The molecule has 1 heterocycles. The molecule has 0 fully saturated rings. The quantitative estimate of drug-likeness (QED) is 0.635. The summed E-state index contributed by atoms with van der Waals surface area (Å²) in [5.74, 6) is -0.523. The molecule has 3 nitrogen and oxygen atoms in total. The molecule has 0 spiro atoms. The maximum atomic E-state index is 12.0. The van der Waals surface area contributed by atoms with Gasteiger partial charge in [-0.2, -0.15) is 0 Å². The molecule has 0 aliphatic carbocycles. The SMILES string of the molecule is O=C1c2ccccc2C(=O)N1C/C(=C/Cl)CBr.